The number of aliphatic carboxylic acids is 1. The summed E-state index contributed by atoms with van der Waals surface area (Å²) in [5.41, 5.74) is 9.37. The summed E-state index contributed by atoms with van der Waals surface area (Å²) in [5.74, 6) is -1.30. The van der Waals surface area contributed by atoms with Crippen molar-refractivity contribution in [1.82, 2.24) is 4.90 Å². The van der Waals surface area contributed by atoms with Crippen LogP contribution in [0.5, 0.6) is 0 Å². The molecule has 0 aliphatic carbocycles. The molecule has 0 unspecified atom stereocenters. The lowest BCUT2D eigenvalue weighted by atomic mass is 10.1. The zero-order chi connectivity index (χ0) is 14.5. The summed E-state index contributed by atoms with van der Waals surface area (Å²) in [4.78, 5) is 27.7. The molecule has 1 amide bonds. The Labute approximate surface area is 115 Å². The van der Waals surface area contributed by atoms with Gasteiger partial charge in [0.25, 0.3) is 5.91 Å². The molecule has 1 saturated heterocycles. The number of carboxylic acid groups (broad SMARTS) is 1. The first kappa shape index (κ1) is 13.9. The standard InChI is InChI=1S/C13H14N4O3/c14-16-15-8-9-4-1-2-5-10(9)12(18)17-7-3-6-11(17)13(19)20/h1-2,4-5,11H,3,6-8H2,(H,19,20)/t11-/m1/s1. The summed E-state index contributed by atoms with van der Waals surface area (Å²) in [5, 5.41) is 12.6. The van der Waals surface area contributed by atoms with Gasteiger partial charge in [0.05, 0.1) is 6.54 Å². The number of carbonyl (C=O) groups is 2. The van der Waals surface area contributed by atoms with Crippen LogP contribution >= 0.6 is 0 Å². The number of azide groups is 1. The van der Waals surface area contributed by atoms with E-state index in [4.69, 9.17) is 10.6 Å². The highest BCUT2D eigenvalue weighted by Crippen LogP contribution is 2.22. The number of likely N-dealkylation sites (tertiary alicyclic amines) is 1. The van der Waals surface area contributed by atoms with Crippen molar-refractivity contribution in [3.8, 4) is 0 Å². The Hall–Kier alpha value is -2.53. The van der Waals surface area contributed by atoms with Crippen molar-refractivity contribution in [2.45, 2.75) is 25.4 Å². The predicted molar refractivity (Wildman–Crippen MR) is 71.0 cm³/mol. The normalized spacial score (nSPS) is 17.6. The average Bonchev–Trinajstić information content (AvgIpc) is 2.94. The van der Waals surface area contributed by atoms with Gasteiger partial charge in [0.15, 0.2) is 0 Å². The molecule has 1 heterocycles. The molecule has 1 N–H and O–H groups in total. The van der Waals surface area contributed by atoms with Crippen LogP contribution in [0.2, 0.25) is 0 Å². The van der Waals surface area contributed by atoms with Crippen LogP contribution in [0.15, 0.2) is 29.4 Å². The Morgan fingerprint density at radius 1 is 1.45 bits per heavy atom. The molecule has 104 valence electrons. The quantitative estimate of drug-likeness (QED) is 0.516. The van der Waals surface area contributed by atoms with Gasteiger partial charge in [-0.15, -0.1) is 0 Å². The number of nitrogens with zero attached hydrogens (tertiary/aromatic N) is 4. The van der Waals surface area contributed by atoms with E-state index in [1.165, 1.54) is 4.90 Å². The molecule has 0 aromatic heterocycles. The molecule has 1 atom stereocenters. The molecule has 1 aliphatic rings. The number of hydrogen-bond acceptors (Lipinski definition) is 3. The smallest absolute Gasteiger partial charge is 0.326 e. The molecule has 7 heteroatoms. The highest BCUT2D eigenvalue weighted by Gasteiger charge is 2.34. The van der Waals surface area contributed by atoms with E-state index in [0.717, 1.165) is 0 Å². The zero-order valence-electron chi connectivity index (χ0n) is 10.8. The first-order valence-corrected chi connectivity index (χ1v) is 6.27. The fourth-order valence-electron chi connectivity index (χ4n) is 2.40. The second kappa shape index (κ2) is 6.08. The average molecular weight is 274 g/mol. The maximum Gasteiger partial charge on any atom is 0.326 e. The van der Waals surface area contributed by atoms with Crippen molar-refractivity contribution >= 4 is 11.9 Å². The van der Waals surface area contributed by atoms with E-state index in [0.29, 0.717) is 30.5 Å². The van der Waals surface area contributed by atoms with Crippen molar-refractivity contribution in [2.75, 3.05) is 6.54 Å². The van der Waals surface area contributed by atoms with Crippen LogP contribution in [0, 0.1) is 0 Å². The van der Waals surface area contributed by atoms with Crippen molar-refractivity contribution in [2.24, 2.45) is 5.11 Å². The highest BCUT2D eigenvalue weighted by atomic mass is 16.4. The van der Waals surface area contributed by atoms with Crippen molar-refractivity contribution < 1.29 is 14.7 Å². The van der Waals surface area contributed by atoms with E-state index in [1.807, 2.05) is 0 Å². The molecule has 0 radical (unpaired) electrons. The molecule has 1 aromatic rings. The Balaban J connectivity index is 2.29. The van der Waals surface area contributed by atoms with E-state index in [9.17, 15) is 9.59 Å². The van der Waals surface area contributed by atoms with Crippen LogP contribution in [-0.2, 0) is 11.3 Å². The largest absolute Gasteiger partial charge is 0.480 e. The second-order valence-corrected chi connectivity index (χ2v) is 4.54. The summed E-state index contributed by atoms with van der Waals surface area (Å²) < 4.78 is 0. The molecular weight excluding hydrogens is 260 g/mol. The first-order valence-electron chi connectivity index (χ1n) is 6.27. The second-order valence-electron chi connectivity index (χ2n) is 4.54. The lowest BCUT2D eigenvalue weighted by molar-refractivity contribution is -0.141. The lowest BCUT2D eigenvalue weighted by Gasteiger charge is -2.22. The van der Waals surface area contributed by atoms with Crippen LogP contribution in [-0.4, -0.2) is 34.5 Å². The highest BCUT2D eigenvalue weighted by molar-refractivity contribution is 5.98. The minimum absolute atomic E-state index is 0.0734. The third kappa shape index (κ3) is 2.73. The minimum atomic E-state index is -0.983. The fourth-order valence-corrected chi connectivity index (χ4v) is 2.40. The van der Waals surface area contributed by atoms with E-state index < -0.39 is 12.0 Å². The fraction of sp³-hybridized carbons (Fsp3) is 0.385. The third-order valence-corrected chi connectivity index (χ3v) is 3.35. The molecule has 0 spiro atoms. The van der Waals surface area contributed by atoms with Gasteiger partial charge in [0, 0.05) is 17.0 Å². The van der Waals surface area contributed by atoms with Gasteiger partial charge in [0.1, 0.15) is 6.04 Å². The molecule has 1 aliphatic heterocycles. The SMILES string of the molecule is [N-]=[N+]=NCc1ccccc1C(=O)N1CCC[C@@H]1C(=O)O. The van der Waals surface area contributed by atoms with Gasteiger partial charge in [-0.2, -0.15) is 0 Å². The van der Waals surface area contributed by atoms with Crippen molar-refractivity contribution in [3.63, 3.8) is 0 Å². The Morgan fingerprint density at radius 2 is 2.20 bits per heavy atom. The predicted octanol–water partition coefficient (Wildman–Crippen LogP) is 2.19. The molecule has 1 aromatic carbocycles. The summed E-state index contributed by atoms with van der Waals surface area (Å²) >= 11 is 0. The van der Waals surface area contributed by atoms with Gasteiger partial charge in [0.2, 0.25) is 0 Å². The molecule has 1 fully saturated rings. The number of amides is 1. The van der Waals surface area contributed by atoms with Gasteiger partial charge in [-0.25, -0.2) is 4.79 Å². The summed E-state index contributed by atoms with van der Waals surface area (Å²) in [6.07, 6.45) is 1.15. The van der Waals surface area contributed by atoms with Gasteiger partial charge < -0.3 is 10.0 Å². The molecule has 0 bridgehead atoms. The summed E-state index contributed by atoms with van der Waals surface area (Å²) in [6.45, 7) is 0.510. The Kier molecular flexibility index (Phi) is 4.22. The van der Waals surface area contributed by atoms with E-state index in [2.05, 4.69) is 10.0 Å². The van der Waals surface area contributed by atoms with Crippen LogP contribution in [0.4, 0.5) is 0 Å². The van der Waals surface area contributed by atoms with Crippen molar-refractivity contribution in [1.29, 1.82) is 0 Å². The number of benzene rings is 1. The van der Waals surface area contributed by atoms with Gasteiger partial charge in [-0.05, 0) is 30.0 Å². The molecule has 0 saturated carbocycles. The monoisotopic (exact) mass is 274 g/mol. The third-order valence-electron chi connectivity index (χ3n) is 3.35. The van der Waals surface area contributed by atoms with E-state index in [-0.39, 0.29) is 12.5 Å². The Morgan fingerprint density at radius 3 is 2.90 bits per heavy atom. The topological polar surface area (TPSA) is 106 Å². The van der Waals surface area contributed by atoms with Crippen LogP contribution in [0.25, 0.3) is 10.4 Å². The molecule has 20 heavy (non-hydrogen) atoms. The number of carboxylic acids is 1. The summed E-state index contributed by atoms with van der Waals surface area (Å²) in [7, 11) is 0. The maximum atomic E-state index is 12.5. The van der Waals surface area contributed by atoms with Crippen LogP contribution in [0.1, 0.15) is 28.8 Å². The number of hydrogen-bond donors (Lipinski definition) is 1. The summed E-state index contributed by atoms with van der Waals surface area (Å²) in [6, 6.07) is 6.02. The zero-order valence-corrected chi connectivity index (χ0v) is 10.8. The van der Waals surface area contributed by atoms with Gasteiger partial charge >= 0.3 is 5.97 Å². The van der Waals surface area contributed by atoms with E-state index in [1.54, 1.807) is 24.3 Å². The van der Waals surface area contributed by atoms with Gasteiger partial charge in [-0.3, -0.25) is 4.79 Å². The van der Waals surface area contributed by atoms with Crippen molar-refractivity contribution in [3.05, 3.63) is 45.8 Å². The minimum Gasteiger partial charge on any atom is -0.480 e. The maximum absolute atomic E-state index is 12.5. The van der Waals surface area contributed by atoms with Crippen LogP contribution < -0.4 is 0 Å². The molecule has 2 rings (SSSR count). The molecule has 7 nitrogen and oxygen atoms in total. The Bertz CT molecular complexity index is 581. The first-order chi connectivity index (χ1) is 9.65. The van der Waals surface area contributed by atoms with Gasteiger partial charge in [-0.1, -0.05) is 23.3 Å². The number of rotatable bonds is 4. The van der Waals surface area contributed by atoms with Crippen LogP contribution in [0.3, 0.4) is 0 Å². The number of carbonyl (C=O) groups excluding carboxylic acids is 1. The lowest BCUT2D eigenvalue weighted by Crippen LogP contribution is -2.40. The van der Waals surface area contributed by atoms with E-state index >= 15 is 0 Å². The molecular formula is C13H14N4O3.